The van der Waals surface area contributed by atoms with Gasteiger partial charge in [-0.3, -0.25) is 4.90 Å². The number of nitrogens with one attached hydrogen (secondary N) is 1. The molecule has 1 unspecified atom stereocenters. The van der Waals surface area contributed by atoms with Crippen LogP contribution in [0, 0.1) is 9.39 Å². The zero-order chi connectivity index (χ0) is 19.0. The molecule has 1 aliphatic heterocycles. The van der Waals surface area contributed by atoms with E-state index in [1.807, 2.05) is 59.0 Å². The van der Waals surface area contributed by atoms with Gasteiger partial charge >= 0.3 is 6.09 Å². The number of carboxylic acid groups (broad SMARTS) is 1. The second kappa shape index (κ2) is 7.30. The van der Waals surface area contributed by atoms with Crippen LogP contribution in [0.1, 0.15) is 24.7 Å². The molecule has 1 fully saturated rings. The molecule has 4 rings (SSSR count). The first-order chi connectivity index (χ1) is 13.0. The topological polar surface area (TPSA) is 69.2 Å². The number of likely N-dealkylation sites (tertiary alicyclic amines) is 1. The van der Waals surface area contributed by atoms with Crippen molar-refractivity contribution in [2.75, 3.05) is 6.54 Å². The van der Waals surface area contributed by atoms with Gasteiger partial charge in [0.25, 0.3) is 0 Å². The van der Waals surface area contributed by atoms with E-state index in [1.165, 1.54) is 11.0 Å². The summed E-state index contributed by atoms with van der Waals surface area (Å²) in [6.07, 6.45) is 2.24. The summed E-state index contributed by atoms with van der Waals surface area (Å²) < 4.78 is 15.1. The molecule has 138 valence electrons. The molecule has 1 amide bonds. The van der Waals surface area contributed by atoms with E-state index in [9.17, 15) is 14.3 Å². The number of rotatable bonds is 3. The van der Waals surface area contributed by atoms with Gasteiger partial charge in [0, 0.05) is 12.1 Å². The van der Waals surface area contributed by atoms with Crippen molar-refractivity contribution in [1.29, 1.82) is 0 Å². The molecule has 0 bridgehead atoms. The number of hydrogen-bond donors (Lipinski definition) is 2. The van der Waals surface area contributed by atoms with Crippen molar-refractivity contribution in [1.82, 2.24) is 14.9 Å². The average molecular weight is 477 g/mol. The number of carbonyl (C=O) groups is 1. The molecular weight excluding hydrogens is 460 g/mol. The van der Waals surface area contributed by atoms with Gasteiger partial charge < -0.3 is 10.1 Å². The van der Waals surface area contributed by atoms with Crippen LogP contribution in [0.5, 0.6) is 0 Å². The van der Waals surface area contributed by atoms with Crippen LogP contribution < -0.4 is 0 Å². The van der Waals surface area contributed by atoms with Crippen LogP contribution in [0.3, 0.4) is 0 Å². The lowest BCUT2D eigenvalue weighted by Crippen LogP contribution is -2.29. The van der Waals surface area contributed by atoms with Crippen LogP contribution in [0.25, 0.3) is 22.4 Å². The monoisotopic (exact) mass is 477 g/mol. The Kier molecular flexibility index (Phi) is 4.86. The molecule has 2 N–H and O–H groups in total. The Morgan fingerprint density at radius 3 is 2.78 bits per heavy atom. The van der Waals surface area contributed by atoms with Gasteiger partial charge in [-0.05, 0) is 58.7 Å². The molecule has 1 atom stereocenters. The van der Waals surface area contributed by atoms with Gasteiger partial charge in [0.05, 0.1) is 21.5 Å². The number of benzene rings is 2. The molecule has 1 saturated heterocycles. The molecule has 27 heavy (non-hydrogen) atoms. The summed E-state index contributed by atoms with van der Waals surface area (Å²) in [5.74, 6) is 0.307. The standard InChI is InChI=1S/C20H17FIN3O2/c21-15-10-13(9-14(18(15)22)12-5-2-1-3-6-12)16-11-23-19(24-16)17-7-4-8-25(17)20(26)27/h1-3,5-6,9-11,17H,4,7-8H2,(H,23,24)(H,26,27). The molecule has 0 radical (unpaired) electrons. The first-order valence-electron chi connectivity index (χ1n) is 8.64. The lowest BCUT2D eigenvalue weighted by molar-refractivity contribution is 0.139. The number of hydrogen-bond acceptors (Lipinski definition) is 2. The van der Waals surface area contributed by atoms with Crippen LogP contribution in [0.4, 0.5) is 9.18 Å². The van der Waals surface area contributed by atoms with Crippen LogP contribution >= 0.6 is 22.6 Å². The van der Waals surface area contributed by atoms with Crippen LogP contribution in [-0.4, -0.2) is 32.6 Å². The van der Waals surface area contributed by atoms with Crippen molar-refractivity contribution in [3.8, 4) is 22.4 Å². The largest absolute Gasteiger partial charge is 0.465 e. The van der Waals surface area contributed by atoms with Crippen molar-refractivity contribution in [2.45, 2.75) is 18.9 Å². The van der Waals surface area contributed by atoms with Gasteiger partial charge in [-0.2, -0.15) is 0 Å². The molecular formula is C20H17FIN3O2. The van der Waals surface area contributed by atoms with E-state index in [-0.39, 0.29) is 11.9 Å². The Morgan fingerprint density at radius 1 is 1.26 bits per heavy atom. The van der Waals surface area contributed by atoms with Gasteiger partial charge in [0.2, 0.25) is 0 Å². The smallest absolute Gasteiger partial charge is 0.407 e. The number of H-pyrrole nitrogens is 1. The van der Waals surface area contributed by atoms with Crippen LogP contribution in [0.2, 0.25) is 0 Å². The average Bonchev–Trinajstić information content (AvgIpc) is 3.33. The highest BCUT2D eigenvalue weighted by molar-refractivity contribution is 14.1. The predicted octanol–water partition coefficient (Wildman–Crippen LogP) is 5.30. The van der Waals surface area contributed by atoms with Gasteiger partial charge in [0.1, 0.15) is 11.6 Å². The fourth-order valence-corrected chi connectivity index (χ4v) is 4.13. The number of aromatic nitrogens is 2. The second-order valence-corrected chi connectivity index (χ2v) is 7.58. The minimum Gasteiger partial charge on any atom is -0.465 e. The van der Waals surface area contributed by atoms with E-state index >= 15 is 0 Å². The fourth-order valence-electron chi connectivity index (χ4n) is 3.50. The van der Waals surface area contributed by atoms with E-state index in [4.69, 9.17) is 0 Å². The summed E-state index contributed by atoms with van der Waals surface area (Å²) >= 11 is 2.02. The zero-order valence-electron chi connectivity index (χ0n) is 14.3. The minimum atomic E-state index is -0.942. The third kappa shape index (κ3) is 3.43. The highest BCUT2D eigenvalue weighted by Crippen LogP contribution is 2.34. The maximum atomic E-state index is 14.6. The second-order valence-electron chi connectivity index (χ2n) is 6.50. The number of nitrogens with zero attached hydrogens (tertiary/aromatic N) is 2. The first kappa shape index (κ1) is 18.0. The minimum absolute atomic E-state index is 0.279. The van der Waals surface area contributed by atoms with Crippen LogP contribution in [0.15, 0.2) is 48.7 Å². The molecule has 2 aromatic carbocycles. The highest BCUT2D eigenvalue weighted by atomic mass is 127. The lowest BCUT2D eigenvalue weighted by Gasteiger charge is -2.19. The fraction of sp³-hybridized carbons (Fsp3) is 0.200. The summed E-state index contributed by atoms with van der Waals surface area (Å²) in [4.78, 5) is 20.3. The zero-order valence-corrected chi connectivity index (χ0v) is 16.5. The Hall–Kier alpha value is -2.42. The molecule has 0 saturated carbocycles. The van der Waals surface area contributed by atoms with Crippen molar-refractivity contribution < 1.29 is 14.3 Å². The van der Waals surface area contributed by atoms with Crippen LogP contribution in [-0.2, 0) is 0 Å². The number of halogens is 2. The third-order valence-electron chi connectivity index (χ3n) is 4.83. The number of imidazole rings is 1. The third-order valence-corrected chi connectivity index (χ3v) is 5.93. The Bertz CT molecular complexity index is 990. The summed E-state index contributed by atoms with van der Waals surface area (Å²) in [7, 11) is 0. The SMILES string of the molecule is O=C(O)N1CCCC1c1ncc(-c2cc(F)c(I)c(-c3ccccc3)c2)[nH]1. The summed E-state index contributed by atoms with van der Waals surface area (Å²) in [5, 5.41) is 9.33. The van der Waals surface area contributed by atoms with Gasteiger partial charge in [-0.25, -0.2) is 14.2 Å². The van der Waals surface area contributed by atoms with Gasteiger partial charge in [-0.1, -0.05) is 30.3 Å². The first-order valence-corrected chi connectivity index (χ1v) is 9.72. The molecule has 2 heterocycles. The normalized spacial score (nSPS) is 16.7. The summed E-state index contributed by atoms with van der Waals surface area (Å²) in [5.41, 5.74) is 3.12. The van der Waals surface area contributed by atoms with Gasteiger partial charge in [-0.15, -0.1) is 0 Å². The van der Waals surface area contributed by atoms with Crippen molar-refractivity contribution in [2.24, 2.45) is 0 Å². The summed E-state index contributed by atoms with van der Waals surface area (Å²) in [6, 6.07) is 12.8. The van der Waals surface area contributed by atoms with E-state index in [0.29, 0.717) is 27.2 Å². The number of amides is 1. The molecule has 3 aromatic rings. The molecule has 7 heteroatoms. The quantitative estimate of drug-likeness (QED) is 0.503. The Morgan fingerprint density at radius 2 is 2.04 bits per heavy atom. The van der Waals surface area contributed by atoms with Crippen molar-refractivity contribution >= 4 is 28.7 Å². The Labute approximate surface area is 169 Å². The molecule has 0 spiro atoms. The van der Waals surface area contributed by atoms with Gasteiger partial charge in [0.15, 0.2) is 0 Å². The van der Waals surface area contributed by atoms with E-state index in [1.54, 1.807) is 6.20 Å². The maximum Gasteiger partial charge on any atom is 0.407 e. The maximum absolute atomic E-state index is 14.6. The highest BCUT2D eigenvalue weighted by Gasteiger charge is 2.31. The van der Waals surface area contributed by atoms with Crippen molar-refractivity contribution in [3.05, 3.63) is 63.9 Å². The predicted molar refractivity (Wildman–Crippen MR) is 109 cm³/mol. The van der Waals surface area contributed by atoms with Crippen molar-refractivity contribution in [3.63, 3.8) is 0 Å². The molecule has 0 aliphatic carbocycles. The van der Waals surface area contributed by atoms with E-state index in [0.717, 1.165) is 24.0 Å². The lowest BCUT2D eigenvalue weighted by atomic mass is 10.0. The molecule has 1 aliphatic rings. The summed E-state index contributed by atoms with van der Waals surface area (Å²) in [6.45, 7) is 0.506. The Balaban J connectivity index is 1.72. The number of aromatic amines is 1. The van der Waals surface area contributed by atoms with E-state index in [2.05, 4.69) is 9.97 Å². The molecule has 1 aromatic heterocycles. The molecule has 5 nitrogen and oxygen atoms in total. The van der Waals surface area contributed by atoms with E-state index < -0.39 is 6.09 Å².